The van der Waals surface area contributed by atoms with E-state index in [0.29, 0.717) is 29.2 Å². The maximum atomic E-state index is 13.5. The fraction of sp³-hybridized carbons (Fsp3) is 0.375. The first-order chi connectivity index (χ1) is 13.8. The first-order valence-corrected chi connectivity index (χ1v) is 10.2. The van der Waals surface area contributed by atoms with Crippen LogP contribution in [0.25, 0.3) is 22.1 Å². The molecule has 2 fully saturated rings. The minimum atomic E-state index is 0.0464. The Morgan fingerprint density at radius 1 is 1.00 bits per heavy atom. The molecule has 1 saturated carbocycles. The molecule has 4 nitrogen and oxygen atoms in total. The smallest absolute Gasteiger partial charge is 0.200 e. The summed E-state index contributed by atoms with van der Waals surface area (Å²) in [7, 11) is 0. The predicted octanol–water partition coefficient (Wildman–Crippen LogP) is 5.29. The van der Waals surface area contributed by atoms with E-state index >= 15 is 0 Å². The van der Waals surface area contributed by atoms with E-state index in [9.17, 15) is 4.79 Å². The quantitative estimate of drug-likeness (QED) is 0.568. The molecule has 28 heavy (non-hydrogen) atoms. The van der Waals surface area contributed by atoms with Crippen LogP contribution in [0.15, 0.2) is 57.7 Å². The van der Waals surface area contributed by atoms with Gasteiger partial charge in [0.2, 0.25) is 5.43 Å². The van der Waals surface area contributed by atoms with Crippen molar-refractivity contribution in [1.29, 1.82) is 0 Å². The second-order valence-electron chi connectivity index (χ2n) is 7.80. The van der Waals surface area contributed by atoms with Crippen molar-refractivity contribution in [3.05, 3.63) is 64.5 Å². The lowest BCUT2D eigenvalue weighted by atomic mass is 9.84. The Hall–Kier alpha value is -2.59. The molecule has 0 spiro atoms. The summed E-state index contributed by atoms with van der Waals surface area (Å²) in [4.78, 5) is 13.5. The van der Waals surface area contributed by atoms with Gasteiger partial charge in [0.1, 0.15) is 29.8 Å². The second-order valence-corrected chi connectivity index (χ2v) is 7.80. The van der Waals surface area contributed by atoms with Gasteiger partial charge in [0, 0.05) is 12.0 Å². The Kier molecular flexibility index (Phi) is 4.65. The number of ether oxygens (including phenoxy) is 2. The van der Waals surface area contributed by atoms with E-state index in [1.165, 1.54) is 19.3 Å². The third kappa shape index (κ3) is 3.45. The molecule has 0 bridgehead atoms. The van der Waals surface area contributed by atoms with Crippen molar-refractivity contribution in [2.45, 2.75) is 44.1 Å². The van der Waals surface area contributed by atoms with E-state index < -0.39 is 0 Å². The van der Waals surface area contributed by atoms with Crippen LogP contribution in [0.1, 0.15) is 43.8 Å². The zero-order valence-electron chi connectivity index (χ0n) is 15.9. The van der Waals surface area contributed by atoms with Crippen LogP contribution in [0.5, 0.6) is 5.75 Å². The Morgan fingerprint density at radius 3 is 2.54 bits per heavy atom. The van der Waals surface area contributed by atoms with Crippen molar-refractivity contribution in [3.8, 4) is 16.9 Å². The van der Waals surface area contributed by atoms with Crippen LogP contribution in [0.4, 0.5) is 0 Å². The zero-order chi connectivity index (χ0) is 18.9. The molecule has 2 heterocycles. The van der Waals surface area contributed by atoms with Gasteiger partial charge in [0.15, 0.2) is 0 Å². The number of benzene rings is 2. The van der Waals surface area contributed by atoms with Crippen molar-refractivity contribution in [2.24, 2.45) is 0 Å². The van der Waals surface area contributed by atoms with Gasteiger partial charge in [0.25, 0.3) is 0 Å². The highest BCUT2D eigenvalue weighted by Gasteiger charge is 2.26. The summed E-state index contributed by atoms with van der Waals surface area (Å²) in [5, 5.41) is 0.605. The van der Waals surface area contributed by atoms with Crippen LogP contribution in [-0.2, 0) is 4.74 Å². The van der Waals surface area contributed by atoms with E-state index in [1.807, 2.05) is 48.5 Å². The Bertz CT molecular complexity index is 1030. The Balaban J connectivity index is 1.64. The molecule has 0 radical (unpaired) electrons. The lowest BCUT2D eigenvalue weighted by Crippen LogP contribution is -2.14. The normalized spacial score (nSPS) is 19.6. The van der Waals surface area contributed by atoms with Crippen LogP contribution in [0.3, 0.4) is 0 Å². The molecule has 1 unspecified atom stereocenters. The molecule has 2 aromatic carbocycles. The minimum absolute atomic E-state index is 0.0464. The van der Waals surface area contributed by atoms with Crippen LogP contribution in [0.2, 0.25) is 0 Å². The zero-order valence-corrected chi connectivity index (χ0v) is 15.9. The van der Waals surface area contributed by atoms with Gasteiger partial charge in [-0.25, -0.2) is 0 Å². The Labute approximate surface area is 164 Å². The molecular formula is C24H24O4. The maximum Gasteiger partial charge on any atom is 0.200 e. The van der Waals surface area contributed by atoms with Crippen molar-refractivity contribution >= 4 is 11.0 Å². The fourth-order valence-corrected chi connectivity index (χ4v) is 4.16. The summed E-state index contributed by atoms with van der Waals surface area (Å²) in [6.07, 6.45) is 5.97. The van der Waals surface area contributed by atoms with Crippen molar-refractivity contribution in [1.82, 2.24) is 0 Å². The van der Waals surface area contributed by atoms with Gasteiger partial charge >= 0.3 is 0 Å². The number of epoxide rings is 1. The lowest BCUT2D eigenvalue weighted by Gasteiger charge is -2.23. The number of rotatable bonds is 5. The number of hydrogen-bond acceptors (Lipinski definition) is 4. The first kappa shape index (κ1) is 17.5. The monoisotopic (exact) mass is 376 g/mol. The van der Waals surface area contributed by atoms with Gasteiger partial charge in [-0.3, -0.25) is 4.79 Å². The molecule has 2 aliphatic rings. The summed E-state index contributed by atoms with van der Waals surface area (Å²) in [6, 6.07) is 15.4. The first-order valence-electron chi connectivity index (χ1n) is 10.2. The molecule has 1 atom stereocenters. The molecule has 3 aromatic rings. The molecule has 1 aliphatic heterocycles. The summed E-state index contributed by atoms with van der Waals surface area (Å²) < 4.78 is 17.4. The van der Waals surface area contributed by atoms with Crippen molar-refractivity contribution in [3.63, 3.8) is 0 Å². The summed E-state index contributed by atoms with van der Waals surface area (Å²) in [5.74, 6) is 1.85. The molecule has 0 N–H and O–H groups in total. The average molecular weight is 376 g/mol. The molecule has 5 rings (SSSR count). The van der Waals surface area contributed by atoms with Gasteiger partial charge in [-0.2, -0.15) is 0 Å². The summed E-state index contributed by atoms with van der Waals surface area (Å²) in [5.41, 5.74) is 2.31. The van der Waals surface area contributed by atoms with Crippen LogP contribution in [0, 0.1) is 0 Å². The third-order valence-corrected chi connectivity index (χ3v) is 5.77. The van der Waals surface area contributed by atoms with Gasteiger partial charge in [-0.1, -0.05) is 49.6 Å². The van der Waals surface area contributed by atoms with Crippen molar-refractivity contribution in [2.75, 3.05) is 13.2 Å². The minimum Gasteiger partial charge on any atom is -0.491 e. The van der Waals surface area contributed by atoms with E-state index in [1.54, 1.807) is 0 Å². The molecule has 144 valence electrons. The van der Waals surface area contributed by atoms with Gasteiger partial charge in [-0.15, -0.1) is 0 Å². The molecule has 1 aromatic heterocycles. The maximum absolute atomic E-state index is 13.5. The SMILES string of the molecule is O=c1c(-c2ccccc2)c(C2CCCCC2)oc2cc(OCC3CO3)ccc12. The standard InChI is InChI=1S/C24H24O4/c25-23-20-12-11-18(26-14-19-15-27-19)13-21(20)28-24(17-9-5-2-6-10-17)22(23)16-7-3-1-4-8-16/h1,3-4,7-8,11-13,17,19H,2,5-6,9-10,14-15H2. The highest BCUT2D eigenvalue weighted by atomic mass is 16.6. The van der Waals surface area contributed by atoms with E-state index in [4.69, 9.17) is 13.9 Å². The second kappa shape index (κ2) is 7.44. The highest BCUT2D eigenvalue weighted by Crippen LogP contribution is 2.38. The molecule has 1 aliphatic carbocycles. The topological polar surface area (TPSA) is 52.0 Å². The third-order valence-electron chi connectivity index (χ3n) is 5.77. The number of fused-ring (bicyclic) bond motifs is 1. The highest BCUT2D eigenvalue weighted by molar-refractivity contribution is 5.84. The van der Waals surface area contributed by atoms with Gasteiger partial charge in [-0.05, 0) is 30.5 Å². The predicted molar refractivity (Wildman–Crippen MR) is 109 cm³/mol. The van der Waals surface area contributed by atoms with E-state index in [2.05, 4.69) is 0 Å². The summed E-state index contributed by atoms with van der Waals surface area (Å²) in [6.45, 7) is 1.29. The Morgan fingerprint density at radius 2 is 1.79 bits per heavy atom. The van der Waals surface area contributed by atoms with E-state index in [-0.39, 0.29) is 11.5 Å². The molecular weight excluding hydrogens is 352 g/mol. The lowest BCUT2D eigenvalue weighted by molar-refractivity contribution is 0.263. The largest absolute Gasteiger partial charge is 0.491 e. The van der Waals surface area contributed by atoms with Crippen LogP contribution >= 0.6 is 0 Å². The molecule has 4 heteroatoms. The fourth-order valence-electron chi connectivity index (χ4n) is 4.16. The van der Waals surface area contributed by atoms with Crippen LogP contribution in [-0.4, -0.2) is 19.3 Å². The molecule has 1 saturated heterocycles. The van der Waals surface area contributed by atoms with Gasteiger partial charge < -0.3 is 13.9 Å². The van der Waals surface area contributed by atoms with Crippen LogP contribution < -0.4 is 10.2 Å². The molecule has 0 amide bonds. The van der Waals surface area contributed by atoms with Gasteiger partial charge in [0.05, 0.1) is 17.6 Å². The summed E-state index contributed by atoms with van der Waals surface area (Å²) >= 11 is 0. The van der Waals surface area contributed by atoms with Crippen molar-refractivity contribution < 1.29 is 13.9 Å². The van der Waals surface area contributed by atoms with E-state index in [0.717, 1.165) is 36.3 Å². The number of hydrogen-bond donors (Lipinski definition) is 0. The average Bonchev–Trinajstić information content (AvgIpc) is 3.58.